The number of hydrogen-bond donors (Lipinski definition) is 0. The van der Waals surface area contributed by atoms with Crippen LogP contribution in [0.5, 0.6) is 0 Å². The Labute approximate surface area is 75.9 Å². The smallest absolute Gasteiger partial charge is 0.0502 e. The zero-order chi connectivity index (χ0) is 8.97. The summed E-state index contributed by atoms with van der Waals surface area (Å²) in [4.78, 5) is 2.55. The highest BCUT2D eigenvalue weighted by molar-refractivity contribution is 4.74. The van der Waals surface area contributed by atoms with Gasteiger partial charge in [-0.15, -0.1) is 0 Å². The van der Waals surface area contributed by atoms with E-state index in [1.165, 1.54) is 25.9 Å². The molecule has 0 aromatic carbocycles. The third-order valence-corrected chi connectivity index (χ3v) is 2.68. The topological polar surface area (TPSA) is 12.5 Å². The number of ether oxygens (including phenoxy) is 1. The Bertz CT molecular complexity index is 123. The number of hydrogen-bond acceptors (Lipinski definition) is 2. The lowest BCUT2D eigenvalue weighted by Gasteiger charge is -2.35. The second kappa shape index (κ2) is 4.83. The molecule has 0 spiro atoms. The van der Waals surface area contributed by atoms with Crippen molar-refractivity contribution >= 4 is 0 Å². The summed E-state index contributed by atoms with van der Waals surface area (Å²) in [6.45, 7) is 7.98. The molecule has 0 saturated carbocycles. The van der Waals surface area contributed by atoms with Crippen LogP contribution in [0.3, 0.4) is 0 Å². The molecular weight excluding hydrogens is 150 g/mol. The van der Waals surface area contributed by atoms with Crippen LogP contribution in [0.1, 0.15) is 26.7 Å². The molecule has 0 aliphatic carbocycles. The maximum absolute atomic E-state index is 5.18. The van der Waals surface area contributed by atoms with E-state index in [-0.39, 0.29) is 0 Å². The average molecular weight is 171 g/mol. The summed E-state index contributed by atoms with van der Waals surface area (Å²) in [7, 11) is 1.80. The lowest BCUT2D eigenvalue weighted by atomic mass is 9.98. The van der Waals surface area contributed by atoms with Gasteiger partial charge in [-0.05, 0) is 39.2 Å². The summed E-state index contributed by atoms with van der Waals surface area (Å²) < 4.78 is 5.18. The fourth-order valence-electron chi connectivity index (χ4n) is 1.94. The molecule has 1 aliphatic heterocycles. The normalized spacial score (nSPS) is 26.5. The van der Waals surface area contributed by atoms with Crippen LogP contribution in [0, 0.1) is 5.92 Å². The van der Waals surface area contributed by atoms with Gasteiger partial charge in [-0.3, -0.25) is 0 Å². The van der Waals surface area contributed by atoms with Gasteiger partial charge in [-0.2, -0.15) is 0 Å². The van der Waals surface area contributed by atoms with Crippen LogP contribution in [-0.4, -0.2) is 37.7 Å². The quantitative estimate of drug-likeness (QED) is 0.641. The minimum Gasteiger partial charge on any atom is -0.384 e. The molecule has 0 aromatic rings. The molecule has 1 aliphatic rings. The van der Waals surface area contributed by atoms with E-state index in [4.69, 9.17) is 4.74 Å². The Morgan fingerprint density at radius 3 is 2.83 bits per heavy atom. The van der Waals surface area contributed by atoms with Gasteiger partial charge in [0.2, 0.25) is 0 Å². The molecule has 1 heterocycles. The van der Waals surface area contributed by atoms with Gasteiger partial charge >= 0.3 is 0 Å². The van der Waals surface area contributed by atoms with Crippen LogP contribution in [0.2, 0.25) is 0 Å². The third-order valence-electron chi connectivity index (χ3n) is 2.68. The highest BCUT2D eigenvalue weighted by Gasteiger charge is 2.20. The van der Waals surface area contributed by atoms with Crippen molar-refractivity contribution in [2.45, 2.75) is 32.7 Å². The molecule has 0 radical (unpaired) electrons. The van der Waals surface area contributed by atoms with E-state index in [1.807, 2.05) is 0 Å². The Balaban J connectivity index is 2.30. The minimum atomic E-state index is 0.699. The molecule has 2 heteroatoms. The van der Waals surface area contributed by atoms with Crippen molar-refractivity contribution in [3.8, 4) is 0 Å². The predicted molar refractivity (Wildman–Crippen MR) is 51.3 cm³/mol. The average Bonchev–Trinajstić information content (AvgIpc) is 2.05. The monoisotopic (exact) mass is 171 g/mol. The first kappa shape index (κ1) is 10.0. The Morgan fingerprint density at radius 1 is 1.50 bits per heavy atom. The van der Waals surface area contributed by atoms with Crippen LogP contribution < -0.4 is 0 Å². The van der Waals surface area contributed by atoms with Gasteiger partial charge in [0.25, 0.3) is 0 Å². The van der Waals surface area contributed by atoms with Gasteiger partial charge in [-0.25, -0.2) is 0 Å². The maximum Gasteiger partial charge on any atom is 0.0502 e. The molecule has 0 unspecified atom stereocenters. The number of nitrogens with zero attached hydrogens (tertiary/aromatic N) is 1. The first-order valence-electron chi connectivity index (χ1n) is 4.97. The largest absolute Gasteiger partial charge is 0.384 e. The van der Waals surface area contributed by atoms with Crippen molar-refractivity contribution < 1.29 is 4.74 Å². The molecule has 1 saturated heterocycles. The van der Waals surface area contributed by atoms with Crippen LogP contribution in [0.4, 0.5) is 0 Å². The van der Waals surface area contributed by atoms with E-state index in [1.54, 1.807) is 7.11 Å². The Morgan fingerprint density at radius 2 is 2.25 bits per heavy atom. The lowest BCUT2D eigenvalue weighted by molar-refractivity contribution is 0.0763. The fraction of sp³-hybridized carbons (Fsp3) is 1.00. The zero-order valence-corrected chi connectivity index (χ0v) is 8.55. The van der Waals surface area contributed by atoms with Crippen LogP contribution in [0.15, 0.2) is 0 Å². The van der Waals surface area contributed by atoms with Crippen LogP contribution in [-0.2, 0) is 4.74 Å². The second-order valence-electron chi connectivity index (χ2n) is 4.05. The summed E-state index contributed by atoms with van der Waals surface area (Å²) in [5.41, 5.74) is 0. The predicted octanol–water partition coefficient (Wildman–Crippen LogP) is 1.75. The second-order valence-corrected chi connectivity index (χ2v) is 4.05. The van der Waals surface area contributed by atoms with Crippen molar-refractivity contribution in [2.24, 2.45) is 5.92 Å². The van der Waals surface area contributed by atoms with E-state index in [0.29, 0.717) is 6.04 Å². The van der Waals surface area contributed by atoms with E-state index >= 15 is 0 Å². The van der Waals surface area contributed by atoms with Gasteiger partial charge in [0.05, 0.1) is 6.61 Å². The highest BCUT2D eigenvalue weighted by Crippen LogP contribution is 2.18. The van der Waals surface area contributed by atoms with Crippen molar-refractivity contribution in [1.82, 2.24) is 4.90 Å². The molecule has 1 atom stereocenters. The summed E-state index contributed by atoms with van der Waals surface area (Å²) in [6, 6.07) is 0.699. The highest BCUT2D eigenvalue weighted by atomic mass is 16.5. The molecule has 1 rings (SSSR count). The van der Waals surface area contributed by atoms with Crippen LogP contribution in [0.25, 0.3) is 0 Å². The molecule has 1 fully saturated rings. The summed E-state index contributed by atoms with van der Waals surface area (Å²) in [5.74, 6) is 0.770. The van der Waals surface area contributed by atoms with Gasteiger partial charge in [0, 0.05) is 19.7 Å². The molecule has 2 nitrogen and oxygen atoms in total. The van der Waals surface area contributed by atoms with E-state index in [0.717, 1.165) is 12.5 Å². The molecular formula is C10H21NO. The van der Waals surface area contributed by atoms with Gasteiger partial charge < -0.3 is 9.64 Å². The Hall–Kier alpha value is -0.0800. The van der Waals surface area contributed by atoms with Crippen molar-refractivity contribution in [3.05, 3.63) is 0 Å². The van der Waals surface area contributed by atoms with Crippen molar-refractivity contribution in [2.75, 3.05) is 26.8 Å². The number of piperidine rings is 1. The fourth-order valence-corrected chi connectivity index (χ4v) is 1.94. The van der Waals surface area contributed by atoms with Crippen LogP contribution >= 0.6 is 0 Å². The van der Waals surface area contributed by atoms with Crippen molar-refractivity contribution in [1.29, 1.82) is 0 Å². The Kier molecular flexibility index (Phi) is 4.02. The molecule has 0 aromatic heterocycles. The maximum atomic E-state index is 5.18. The summed E-state index contributed by atoms with van der Waals surface area (Å²) in [5, 5.41) is 0. The van der Waals surface area contributed by atoms with Gasteiger partial charge in [0.1, 0.15) is 0 Å². The standard InChI is InChI=1S/C10H21NO/c1-9(2)11-6-4-5-10(7-11)8-12-3/h9-10H,4-8H2,1-3H3/t10-/m1/s1. The SMILES string of the molecule is COC[C@@H]1CCCN(C(C)C)C1. The lowest BCUT2D eigenvalue weighted by Crippen LogP contribution is -2.41. The molecule has 0 amide bonds. The number of rotatable bonds is 3. The summed E-state index contributed by atoms with van der Waals surface area (Å²) >= 11 is 0. The van der Waals surface area contributed by atoms with E-state index in [9.17, 15) is 0 Å². The zero-order valence-electron chi connectivity index (χ0n) is 8.55. The van der Waals surface area contributed by atoms with Crippen molar-refractivity contribution in [3.63, 3.8) is 0 Å². The van der Waals surface area contributed by atoms with Gasteiger partial charge in [-0.1, -0.05) is 0 Å². The molecule has 0 N–H and O–H groups in total. The number of methoxy groups -OCH3 is 1. The first-order chi connectivity index (χ1) is 5.74. The molecule has 0 bridgehead atoms. The summed E-state index contributed by atoms with van der Waals surface area (Å²) in [6.07, 6.45) is 2.68. The molecule has 12 heavy (non-hydrogen) atoms. The first-order valence-corrected chi connectivity index (χ1v) is 4.97. The molecule has 72 valence electrons. The minimum absolute atomic E-state index is 0.699. The van der Waals surface area contributed by atoms with E-state index in [2.05, 4.69) is 18.7 Å². The third kappa shape index (κ3) is 2.76. The van der Waals surface area contributed by atoms with Gasteiger partial charge in [0.15, 0.2) is 0 Å². The number of likely N-dealkylation sites (tertiary alicyclic amines) is 1. The van der Waals surface area contributed by atoms with E-state index < -0.39 is 0 Å².